The van der Waals surface area contributed by atoms with E-state index in [9.17, 15) is 4.39 Å². The highest BCUT2D eigenvalue weighted by atomic mass is 79.9. The number of aromatic amines is 2. The van der Waals surface area contributed by atoms with E-state index in [2.05, 4.69) is 25.9 Å². The fourth-order valence-corrected chi connectivity index (χ4v) is 2.68. The number of rotatable bonds is 3. The predicted molar refractivity (Wildman–Crippen MR) is 76.6 cm³/mol. The molecule has 0 aliphatic heterocycles. The predicted octanol–water partition coefficient (Wildman–Crippen LogP) is 4.42. The SMILES string of the molecule is Fc1c(Br)cccc1C(c1ccc[nH]1)c1ccc[nH]1. The molecule has 0 radical (unpaired) electrons. The minimum Gasteiger partial charge on any atom is -0.364 e. The molecule has 0 spiro atoms. The highest BCUT2D eigenvalue weighted by Gasteiger charge is 2.22. The second-order valence-electron chi connectivity index (χ2n) is 4.33. The van der Waals surface area contributed by atoms with E-state index < -0.39 is 0 Å². The van der Waals surface area contributed by atoms with Gasteiger partial charge >= 0.3 is 0 Å². The van der Waals surface area contributed by atoms with Gasteiger partial charge in [-0.15, -0.1) is 0 Å². The molecule has 2 heterocycles. The molecule has 0 atom stereocenters. The molecular formula is C15H12BrFN2. The number of H-pyrrole nitrogens is 2. The van der Waals surface area contributed by atoms with Gasteiger partial charge in [-0.25, -0.2) is 4.39 Å². The van der Waals surface area contributed by atoms with Crippen molar-refractivity contribution >= 4 is 15.9 Å². The van der Waals surface area contributed by atoms with Crippen LogP contribution in [0.2, 0.25) is 0 Å². The van der Waals surface area contributed by atoms with E-state index in [4.69, 9.17) is 0 Å². The van der Waals surface area contributed by atoms with E-state index in [-0.39, 0.29) is 11.7 Å². The van der Waals surface area contributed by atoms with Crippen LogP contribution in [0, 0.1) is 5.82 Å². The summed E-state index contributed by atoms with van der Waals surface area (Å²) in [6.45, 7) is 0. The number of aromatic nitrogens is 2. The summed E-state index contributed by atoms with van der Waals surface area (Å²) in [6, 6.07) is 13.1. The fourth-order valence-electron chi connectivity index (χ4n) is 2.29. The molecule has 2 N–H and O–H groups in total. The maximum Gasteiger partial charge on any atom is 0.141 e. The smallest absolute Gasteiger partial charge is 0.141 e. The van der Waals surface area contributed by atoms with Crippen molar-refractivity contribution in [1.29, 1.82) is 0 Å². The first kappa shape index (κ1) is 12.2. The van der Waals surface area contributed by atoms with Gasteiger partial charge in [-0.3, -0.25) is 0 Å². The van der Waals surface area contributed by atoms with Crippen LogP contribution in [-0.2, 0) is 0 Å². The van der Waals surface area contributed by atoms with Crippen LogP contribution in [0.15, 0.2) is 59.3 Å². The van der Waals surface area contributed by atoms with E-state index in [1.807, 2.05) is 48.8 Å². The molecule has 3 aromatic rings. The van der Waals surface area contributed by atoms with Gasteiger partial charge in [0.15, 0.2) is 0 Å². The van der Waals surface area contributed by atoms with Gasteiger partial charge in [0, 0.05) is 29.3 Å². The molecule has 4 heteroatoms. The third kappa shape index (κ3) is 2.24. The summed E-state index contributed by atoms with van der Waals surface area (Å²) in [6.07, 6.45) is 3.70. The molecule has 0 unspecified atom stereocenters. The number of hydrogen-bond donors (Lipinski definition) is 2. The Kier molecular flexibility index (Phi) is 3.25. The summed E-state index contributed by atoms with van der Waals surface area (Å²) in [5, 5.41) is 0. The van der Waals surface area contributed by atoms with Gasteiger partial charge in [0.25, 0.3) is 0 Å². The van der Waals surface area contributed by atoms with E-state index in [1.54, 1.807) is 6.07 Å². The number of benzene rings is 1. The first-order valence-electron chi connectivity index (χ1n) is 5.98. The third-order valence-electron chi connectivity index (χ3n) is 3.16. The van der Waals surface area contributed by atoms with Crippen molar-refractivity contribution in [2.45, 2.75) is 5.92 Å². The summed E-state index contributed by atoms with van der Waals surface area (Å²) in [5.41, 5.74) is 2.55. The van der Waals surface area contributed by atoms with Gasteiger partial charge < -0.3 is 9.97 Å². The number of hydrogen-bond acceptors (Lipinski definition) is 0. The summed E-state index contributed by atoms with van der Waals surface area (Å²) in [4.78, 5) is 6.34. The normalized spacial score (nSPS) is 11.1. The van der Waals surface area contributed by atoms with Gasteiger partial charge in [-0.05, 0) is 46.3 Å². The van der Waals surface area contributed by atoms with Gasteiger partial charge in [-0.2, -0.15) is 0 Å². The van der Waals surface area contributed by atoms with Crippen molar-refractivity contribution in [3.8, 4) is 0 Å². The molecule has 0 amide bonds. The molecule has 2 aromatic heterocycles. The zero-order valence-electron chi connectivity index (χ0n) is 10.0. The zero-order valence-corrected chi connectivity index (χ0v) is 11.6. The van der Waals surface area contributed by atoms with Crippen molar-refractivity contribution in [3.05, 3.63) is 82.1 Å². The van der Waals surface area contributed by atoms with Gasteiger partial charge in [-0.1, -0.05) is 12.1 Å². The molecular weight excluding hydrogens is 307 g/mol. The summed E-state index contributed by atoms with van der Waals surface area (Å²) < 4.78 is 14.8. The zero-order chi connectivity index (χ0) is 13.2. The summed E-state index contributed by atoms with van der Waals surface area (Å²) in [5.74, 6) is -0.390. The Morgan fingerprint density at radius 1 is 0.895 bits per heavy atom. The van der Waals surface area contributed by atoms with Crippen molar-refractivity contribution in [1.82, 2.24) is 9.97 Å². The average Bonchev–Trinajstić information content (AvgIpc) is 3.08. The van der Waals surface area contributed by atoms with Gasteiger partial charge in [0.2, 0.25) is 0 Å². The quantitative estimate of drug-likeness (QED) is 0.716. The molecule has 19 heavy (non-hydrogen) atoms. The lowest BCUT2D eigenvalue weighted by Crippen LogP contribution is -2.07. The highest BCUT2D eigenvalue weighted by molar-refractivity contribution is 9.10. The molecule has 0 fully saturated rings. The Morgan fingerprint density at radius 2 is 1.53 bits per heavy atom. The van der Waals surface area contributed by atoms with E-state index in [1.165, 1.54) is 0 Å². The Balaban J connectivity index is 2.18. The molecule has 0 bridgehead atoms. The highest BCUT2D eigenvalue weighted by Crippen LogP contribution is 2.33. The van der Waals surface area contributed by atoms with Crippen LogP contribution >= 0.6 is 15.9 Å². The molecule has 96 valence electrons. The molecule has 0 aliphatic rings. The van der Waals surface area contributed by atoms with Gasteiger partial charge in [0.1, 0.15) is 5.82 Å². The molecule has 0 saturated heterocycles. The van der Waals surface area contributed by atoms with Crippen LogP contribution in [0.4, 0.5) is 4.39 Å². The standard InChI is InChI=1S/C15H12BrFN2/c16-11-5-1-4-10(15(11)17)14(12-6-2-8-18-12)13-7-3-9-19-13/h1-9,14,18-19H. The third-order valence-corrected chi connectivity index (χ3v) is 3.77. The van der Waals surface area contributed by atoms with Crippen LogP contribution in [0.5, 0.6) is 0 Å². The minimum atomic E-state index is -0.225. The summed E-state index contributed by atoms with van der Waals surface area (Å²) in [7, 11) is 0. The van der Waals surface area contributed by atoms with Crippen LogP contribution in [0.1, 0.15) is 22.9 Å². The van der Waals surface area contributed by atoms with Crippen LogP contribution in [0.25, 0.3) is 0 Å². The molecule has 0 aliphatic carbocycles. The maximum atomic E-state index is 14.4. The Bertz CT molecular complexity index is 625. The Morgan fingerprint density at radius 3 is 2.05 bits per heavy atom. The minimum absolute atomic E-state index is 0.164. The molecule has 0 saturated carbocycles. The Labute approximate surface area is 118 Å². The van der Waals surface area contributed by atoms with Crippen molar-refractivity contribution in [2.24, 2.45) is 0 Å². The molecule has 1 aromatic carbocycles. The lowest BCUT2D eigenvalue weighted by atomic mass is 9.92. The maximum absolute atomic E-state index is 14.4. The van der Waals surface area contributed by atoms with E-state index in [0.717, 1.165) is 11.4 Å². The molecule has 3 rings (SSSR count). The topological polar surface area (TPSA) is 31.6 Å². The van der Waals surface area contributed by atoms with Crippen LogP contribution in [-0.4, -0.2) is 9.97 Å². The van der Waals surface area contributed by atoms with Gasteiger partial charge in [0.05, 0.1) is 10.4 Å². The van der Waals surface area contributed by atoms with Crippen LogP contribution < -0.4 is 0 Å². The fraction of sp³-hybridized carbons (Fsp3) is 0.0667. The number of halogens is 2. The molecule has 2 nitrogen and oxygen atoms in total. The van der Waals surface area contributed by atoms with E-state index in [0.29, 0.717) is 10.0 Å². The first-order chi connectivity index (χ1) is 9.27. The second kappa shape index (κ2) is 5.05. The second-order valence-corrected chi connectivity index (χ2v) is 5.18. The largest absolute Gasteiger partial charge is 0.364 e. The lowest BCUT2D eigenvalue weighted by Gasteiger charge is -2.16. The average molecular weight is 319 g/mol. The van der Waals surface area contributed by atoms with E-state index >= 15 is 0 Å². The number of nitrogens with one attached hydrogen (secondary N) is 2. The monoisotopic (exact) mass is 318 g/mol. The van der Waals surface area contributed by atoms with Crippen LogP contribution in [0.3, 0.4) is 0 Å². The van der Waals surface area contributed by atoms with Crippen molar-refractivity contribution in [3.63, 3.8) is 0 Å². The van der Waals surface area contributed by atoms with Crippen molar-refractivity contribution in [2.75, 3.05) is 0 Å². The lowest BCUT2D eigenvalue weighted by molar-refractivity contribution is 0.597. The summed E-state index contributed by atoms with van der Waals surface area (Å²) >= 11 is 3.25. The first-order valence-corrected chi connectivity index (χ1v) is 6.77. The Hall–Kier alpha value is -1.81. The van der Waals surface area contributed by atoms with Crippen molar-refractivity contribution < 1.29 is 4.39 Å².